The Morgan fingerprint density at radius 1 is 1.10 bits per heavy atom. The Labute approximate surface area is 123 Å². The maximum Gasteiger partial charge on any atom is 0.335 e. The van der Waals surface area contributed by atoms with Crippen molar-refractivity contribution < 1.29 is 19.4 Å². The van der Waals surface area contributed by atoms with E-state index in [9.17, 15) is 9.59 Å². The van der Waals surface area contributed by atoms with Gasteiger partial charge in [0.15, 0.2) is 0 Å². The molecule has 1 aliphatic heterocycles. The van der Waals surface area contributed by atoms with E-state index in [1.165, 1.54) is 12.1 Å². The smallest absolute Gasteiger partial charge is 0.335 e. The van der Waals surface area contributed by atoms with Crippen LogP contribution in [0.3, 0.4) is 0 Å². The Hall–Kier alpha value is -1.88. The number of carbonyl (C=O) groups excluding carboxylic acids is 1. The second-order valence-electron chi connectivity index (χ2n) is 5.64. The average Bonchev–Trinajstić information content (AvgIpc) is 2.53. The molecule has 1 aromatic rings. The monoisotopic (exact) mass is 289 g/mol. The zero-order valence-electron chi connectivity index (χ0n) is 11.8. The summed E-state index contributed by atoms with van der Waals surface area (Å²) in [6.45, 7) is 1.20. The lowest BCUT2D eigenvalue weighted by Gasteiger charge is -2.43. The molecule has 1 heterocycles. The summed E-state index contributed by atoms with van der Waals surface area (Å²) in [7, 11) is 0. The molecular formula is C16H19NO4. The van der Waals surface area contributed by atoms with Crippen molar-refractivity contribution in [1.29, 1.82) is 0 Å². The number of aromatic carboxylic acids is 1. The molecule has 2 aliphatic rings. The van der Waals surface area contributed by atoms with E-state index in [2.05, 4.69) is 0 Å². The predicted molar refractivity (Wildman–Crippen MR) is 76.4 cm³/mol. The van der Waals surface area contributed by atoms with Gasteiger partial charge in [-0.25, -0.2) is 4.79 Å². The number of amides is 1. The van der Waals surface area contributed by atoms with Gasteiger partial charge in [-0.15, -0.1) is 0 Å². The number of ether oxygens (including phenoxy) is 1. The van der Waals surface area contributed by atoms with Crippen molar-refractivity contribution >= 4 is 11.9 Å². The van der Waals surface area contributed by atoms with E-state index < -0.39 is 5.97 Å². The highest BCUT2D eigenvalue weighted by Gasteiger charge is 2.36. The van der Waals surface area contributed by atoms with Gasteiger partial charge in [-0.3, -0.25) is 4.79 Å². The molecule has 2 atom stereocenters. The number of hydrogen-bond acceptors (Lipinski definition) is 3. The van der Waals surface area contributed by atoms with Crippen molar-refractivity contribution in [2.24, 2.45) is 0 Å². The fourth-order valence-corrected chi connectivity index (χ4v) is 3.27. The number of fused-ring (bicyclic) bond motifs is 1. The summed E-state index contributed by atoms with van der Waals surface area (Å²) in [4.78, 5) is 25.4. The van der Waals surface area contributed by atoms with E-state index in [1.807, 2.05) is 4.90 Å². The third-order valence-electron chi connectivity index (χ3n) is 4.37. The van der Waals surface area contributed by atoms with Crippen molar-refractivity contribution in [2.45, 2.75) is 37.8 Å². The maximum atomic E-state index is 12.7. The molecule has 112 valence electrons. The number of carboxylic acids is 1. The van der Waals surface area contributed by atoms with Gasteiger partial charge in [0.05, 0.1) is 24.3 Å². The highest BCUT2D eigenvalue weighted by molar-refractivity contribution is 5.96. The molecule has 21 heavy (non-hydrogen) atoms. The number of carboxylic acid groups (broad SMARTS) is 1. The van der Waals surface area contributed by atoms with Gasteiger partial charge in [0.1, 0.15) is 0 Å². The largest absolute Gasteiger partial charge is 0.478 e. The molecule has 2 fully saturated rings. The van der Waals surface area contributed by atoms with Crippen LogP contribution in [0.15, 0.2) is 24.3 Å². The lowest BCUT2D eigenvalue weighted by atomic mass is 9.89. The van der Waals surface area contributed by atoms with Gasteiger partial charge in [0.2, 0.25) is 0 Å². The minimum Gasteiger partial charge on any atom is -0.478 e. The Morgan fingerprint density at radius 3 is 2.48 bits per heavy atom. The van der Waals surface area contributed by atoms with Crippen LogP contribution in [0.5, 0.6) is 0 Å². The van der Waals surface area contributed by atoms with Crippen LogP contribution < -0.4 is 0 Å². The van der Waals surface area contributed by atoms with Crippen LogP contribution >= 0.6 is 0 Å². The average molecular weight is 289 g/mol. The molecule has 1 saturated heterocycles. The highest BCUT2D eigenvalue weighted by Crippen LogP contribution is 2.29. The van der Waals surface area contributed by atoms with Gasteiger partial charge in [0.25, 0.3) is 5.91 Å². The molecular weight excluding hydrogens is 270 g/mol. The standard InChI is InChI=1S/C16H19NO4/c18-15(11-5-7-12(8-6-11)16(19)20)17-9-10-21-14-4-2-1-3-13(14)17/h5-8,13-14H,1-4,9-10H2,(H,19,20). The number of morpholine rings is 1. The molecule has 3 rings (SSSR count). The van der Waals surface area contributed by atoms with Gasteiger partial charge in [-0.1, -0.05) is 12.8 Å². The fraction of sp³-hybridized carbons (Fsp3) is 0.500. The molecule has 5 heteroatoms. The first-order valence-corrected chi connectivity index (χ1v) is 7.43. The normalized spacial score (nSPS) is 25.2. The third kappa shape index (κ3) is 2.78. The number of rotatable bonds is 2. The van der Waals surface area contributed by atoms with Crippen LogP contribution in [-0.2, 0) is 4.74 Å². The molecule has 0 bridgehead atoms. The van der Waals surface area contributed by atoms with E-state index in [1.54, 1.807) is 12.1 Å². The Balaban J connectivity index is 1.78. The van der Waals surface area contributed by atoms with Gasteiger partial charge in [-0.2, -0.15) is 0 Å². The molecule has 2 unspecified atom stereocenters. The van der Waals surface area contributed by atoms with Crippen molar-refractivity contribution in [1.82, 2.24) is 4.90 Å². The summed E-state index contributed by atoms with van der Waals surface area (Å²) < 4.78 is 5.78. The van der Waals surface area contributed by atoms with Crippen LogP contribution in [-0.4, -0.2) is 47.2 Å². The molecule has 5 nitrogen and oxygen atoms in total. The van der Waals surface area contributed by atoms with Gasteiger partial charge in [0, 0.05) is 12.1 Å². The summed E-state index contributed by atoms with van der Waals surface area (Å²) in [6.07, 6.45) is 4.47. The van der Waals surface area contributed by atoms with Gasteiger partial charge < -0.3 is 14.7 Å². The zero-order valence-corrected chi connectivity index (χ0v) is 11.8. The van der Waals surface area contributed by atoms with E-state index in [4.69, 9.17) is 9.84 Å². The number of nitrogens with zero attached hydrogens (tertiary/aromatic N) is 1. The molecule has 0 spiro atoms. The second-order valence-corrected chi connectivity index (χ2v) is 5.64. The van der Waals surface area contributed by atoms with E-state index in [0.29, 0.717) is 18.7 Å². The Kier molecular flexibility index (Phi) is 3.92. The van der Waals surface area contributed by atoms with E-state index >= 15 is 0 Å². The maximum absolute atomic E-state index is 12.7. The van der Waals surface area contributed by atoms with E-state index in [0.717, 1.165) is 25.7 Å². The Bertz CT molecular complexity index is 538. The second kappa shape index (κ2) is 5.85. The topological polar surface area (TPSA) is 66.8 Å². The van der Waals surface area contributed by atoms with Crippen LogP contribution in [0.4, 0.5) is 0 Å². The van der Waals surface area contributed by atoms with Crippen LogP contribution in [0.25, 0.3) is 0 Å². The third-order valence-corrected chi connectivity index (χ3v) is 4.37. The lowest BCUT2D eigenvalue weighted by molar-refractivity contribution is -0.0752. The molecule has 1 N–H and O–H groups in total. The van der Waals surface area contributed by atoms with Crippen LogP contribution in [0.1, 0.15) is 46.4 Å². The number of hydrogen-bond donors (Lipinski definition) is 1. The van der Waals surface area contributed by atoms with Crippen molar-refractivity contribution in [2.75, 3.05) is 13.2 Å². The van der Waals surface area contributed by atoms with E-state index in [-0.39, 0.29) is 23.6 Å². The van der Waals surface area contributed by atoms with Crippen molar-refractivity contribution in [3.05, 3.63) is 35.4 Å². The number of benzene rings is 1. The molecule has 1 aliphatic carbocycles. The molecule has 1 saturated carbocycles. The molecule has 1 aromatic carbocycles. The molecule has 0 aromatic heterocycles. The Morgan fingerprint density at radius 2 is 1.76 bits per heavy atom. The molecule has 1 amide bonds. The van der Waals surface area contributed by atoms with Gasteiger partial charge >= 0.3 is 5.97 Å². The fourth-order valence-electron chi connectivity index (χ4n) is 3.27. The first kappa shape index (κ1) is 14.1. The summed E-state index contributed by atoms with van der Waals surface area (Å²) in [5.74, 6) is -1.00. The van der Waals surface area contributed by atoms with Crippen molar-refractivity contribution in [3.63, 3.8) is 0 Å². The van der Waals surface area contributed by atoms with Crippen molar-refractivity contribution in [3.8, 4) is 0 Å². The number of carbonyl (C=O) groups is 2. The zero-order chi connectivity index (χ0) is 14.8. The van der Waals surface area contributed by atoms with Crippen LogP contribution in [0.2, 0.25) is 0 Å². The summed E-state index contributed by atoms with van der Waals surface area (Å²) in [5.41, 5.74) is 0.746. The predicted octanol–water partition coefficient (Wildman–Crippen LogP) is 2.17. The minimum absolute atomic E-state index is 0.0212. The SMILES string of the molecule is O=C(O)c1ccc(C(=O)N2CCOC3CCCCC32)cc1. The summed E-state index contributed by atoms with van der Waals surface area (Å²) in [6, 6.07) is 6.32. The van der Waals surface area contributed by atoms with Gasteiger partial charge in [-0.05, 0) is 37.1 Å². The minimum atomic E-state index is -0.979. The lowest BCUT2D eigenvalue weighted by Crippen LogP contribution is -2.54. The summed E-state index contributed by atoms with van der Waals surface area (Å²) >= 11 is 0. The first-order chi connectivity index (χ1) is 10.2. The quantitative estimate of drug-likeness (QED) is 0.906. The summed E-state index contributed by atoms with van der Waals surface area (Å²) in [5, 5.41) is 8.91. The highest BCUT2D eigenvalue weighted by atomic mass is 16.5. The molecule has 0 radical (unpaired) electrons. The first-order valence-electron chi connectivity index (χ1n) is 7.43. The van der Waals surface area contributed by atoms with Crippen LogP contribution in [0, 0.1) is 0 Å².